The Morgan fingerprint density at radius 2 is 2.21 bits per heavy atom. The first-order valence-corrected chi connectivity index (χ1v) is 5.42. The van der Waals surface area contributed by atoms with Crippen molar-refractivity contribution in [3.8, 4) is 0 Å². The van der Waals surface area contributed by atoms with E-state index in [0.29, 0.717) is 0 Å². The first-order valence-electron chi connectivity index (χ1n) is 5.04. The van der Waals surface area contributed by atoms with Gasteiger partial charge < -0.3 is 5.32 Å². The minimum absolute atomic E-state index is 0.801. The molecule has 2 heteroatoms. The van der Waals surface area contributed by atoms with Gasteiger partial charge in [0.1, 0.15) is 0 Å². The summed E-state index contributed by atoms with van der Waals surface area (Å²) in [6, 6.07) is 7.95. The highest BCUT2D eigenvalue weighted by Crippen LogP contribution is 2.17. The molecule has 1 aromatic carbocycles. The second-order valence-corrected chi connectivity index (χ2v) is 4.04. The number of piperidine rings is 1. The van der Waals surface area contributed by atoms with Crippen molar-refractivity contribution in [1.82, 2.24) is 5.32 Å². The summed E-state index contributed by atoms with van der Waals surface area (Å²) in [4.78, 5) is 0. The van der Waals surface area contributed by atoms with Crippen molar-refractivity contribution in [2.75, 3.05) is 6.54 Å². The molecule has 0 saturated carbocycles. The fourth-order valence-electron chi connectivity index (χ4n) is 1.70. The molecule has 1 nitrogen and oxygen atoms in total. The lowest BCUT2D eigenvalue weighted by atomic mass is 10.1. The highest BCUT2D eigenvalue weighted by Gasteiger charge is 2.03. The van der Waals surface area contributed by atoms with Gasteiger partial charge in [-0.25, -0.2) is 0 Å². The number of nitrogens with one attached hydrogen (secondary N) is 1. The maximum Gasteiger partial charge on any atom is 0.0411 e. The third-order valence-electron chi connectivity index (χ3n) is 2.41. The Bertz CT molecular complexity index is 336. The van der Waals surface area contributed by atoms with Crippen LogP contribution in [0.15, 0.2) is 30.0 Å². The van der Waals surface area contributed by atoms with Crippen molar-refractivity contribution in [2.24, 2.45) is 0 Å². The number of hydrogen-bond acceptors (Lipinski definition) is 1. The molecule has 1 saturated heterocycles. The molecule has 0 aromatic heterocycles. The van der Waals surface area contributed by atoms with E-state index < -0.39 is 0 Å². The fourth-order valence-corrected chi connectivity index (χ4v) is 1.90. The monoisotopic (exact) mass is 207 g/mol. The van der Waals surface area contributed by atoms with E-state index in [4.69, 9.17) is 11.6 Å². The third-order valence-corrected chi connectivity index (χ3v) is 2.65. The molecule has 0 aliphatic carbocycles. The zero-order valence-electron chi connectivity index (χ0n) is 8.09. The smallest absolute Gasteiger partial charge is 0.0411 e. The Balaban J connectivity index is 2.15. The van der Waals surface area contributed by atoms with Crippen LogP contribution in [0.2, 0.25) is 5.02 Å². The molecule has 14 heavy (non-hydrogen) atoms. The van der Waals surface area contributed by atoms with Crippen LogP contribution in [0.5, 0.6) is 0 Å². The molecule has 0 amide bonds. The lowest BCUT2D eigenvalue weighted by molar-refractivity contribution is 0.592. The van der Waals surface area contributed by atoms with Crippen molar-refractivity contribution < 1.29 is 0 Å². The SMILES string of the molecule is Clc1cccc(C=C2CCCCN2)c1. The third kappa shape index (κ3) is 2.52. The Labute approximate surface area is 89.8 Å². The van der Waals surface area contributed by atoms with Crippen LogP contribution in [0.4, 0.5) is 0 Å². The summed E-state index contributed by atoms with van der Waals surface area (Å²) < 4.78 is 0. The van der Waals surface area contributed by atoms with Crippen LogP contribution < -0.4 is 5.32 Å². The predicted molar refractivity (Wildman–Crippen MR) is 61.3 cm³/mol. The molecular weight excluding hydrogens is 194 g/mol. The van der Waals surface area contributed by atoms with Gasteiger partial charge in [-0.3, -0.25) is 0 Å². The summed E-state index contributed by atoms with van der Waals surface area (Å²) in [5.41, 5.74) is 2.51. The maximum atomic E-state index is 5.91. The van der Waals surface area contributed by atoms with E-state index in [0.717, 1.165) is 18.0 Å². The Morgan fingerprint density at radius 1 is 1.29 bits per heavy atom. The van der Waals surface area contributed by atoms with Gasteiger partial charge in [-0.2, -0.15) is 0 Å². The number of allylic oxidation sites excluding steroid dienone is 1. The lowest BCUT2D eigenvalue weighted by Gasteiger charge is -2.16. The van der Waals surface area contributed by atoms with Crippen LogP contribution in [-0.2, 0) is 0 Å². The second-order valence-electron chi connectivity index (χ2n) is 3.61. The Hall–Kier alpha value is -0.950. The minimum Gasteiger partial charge on any atom is -0.388 e. The van der Waals surface area contributed by atoms with Gasteiger partial charge in [0, 0.05) is 17.3 Å². The van der Waals surface area contributed by atoms with E-state index in [1.807, 2.05) is 18.2 Å². The van der Waals surface area contributed by atoms with E-state index in [1.165, 1.54) is 24.1 Å². The van der Waals surface area contributed by atoms with E-state index in [2.05, 4.69) is 17.5 Å². The molecular formula is C12H14ClN. The van der Waals surface area contributed by atoms with E-state index >= 15 is 0 Å². The van der Waals surface area contributed by atoms with Gasteiger partial charge in [0.25, 0.3) is 0 Å². The molecule has 1 aromatic rings. The number of hydrogen-bond donors (Lipinski definition) is 1. The molecule has 1 aliphatic heterocycles. The van der Waals surface area contributed by atoms with Crippen molar-refractivity contribution in [3.05, 3.63) is 40.5 Å². The van der Waals surface area contributed by atoms with Crippen molar-refractivity contribution in [1.29, 1.82) is 0 Å². The average Bonchev–Trinajstić information content (AvgIpc) is 2.19. The number of benzene rings is 1. The van der Waals surface area contributed by atoms with Gasteiger partial charge >= 0.3 is 0 Å². The van der Waals surface area contributed by atoms with Gasteiger partial charge in [-0.15, -0.1) is 0 Å². The first kappa shape index (κ1) is 9.60. The molecule has 0 bridgehead atoms. The molecule has 0 radical (unpaired) electrons. The molecule has 74 valence electrons. The fraction of sp³-hybridized carbons (Fsp3) is 0.333. The summed E-state index contributed by atoms with van der Waals surface area (Å²) >= 11 is 5.91. The van der Waals surface area contributed by atoms with Crippen LogP contribution >= 0.6 is 11.6 Å². The minimum atomic E-state index is 0.801. The number of rotatable bonds is 1. The van der Waals surface area contributed by atoms with Crippen LogP contribution in [-0.4, -0.2) is 6.54 Å². The molecule has 1 heterocycles. The summed E-state index contributed by atoms with van der Waals surface area (Å²) in [5.74, 6) is 0. The van der Waals surface area contributed by atoms with E-state index in [-0.39, 0.29) is 0 Å². The van der Waals surface area contributed by atoms with Crippen molar-refractivity contribution in [3.63, 3.8) is 0 Å². The number of halogens is 1. The molecule has 1 fully saturated rings. The molecule has 0 atom stereocenters. The van der Waals surface area contributed by atoms with Gasteiger partial charge in [0.2, 0.25) is 0 Å². The predicted octanol–water partition coefficient (Wildman–Crippen LogP) is 3.45. The standard InChI is InChI=1S/C12H14ClN/c13-11-5-3-4-10(8-11)9-12-6-1-2-7-14-12/h3-5,8-9,14H,1-2,6-7H2. The van der Waals surface area contributed by atoms with Crippen LogP contribution in [0.3, 0.4) is 0 Å². The lowest BCUT2D eigenvalue weighted by Crippen LogP contribution is -2.19. The van der Waals surface area contributed by atoms with Crippen LogP contribution in [0.1, 0.15) is 24.8 Å². The summed E-state index contributed by atoms with van der Waals surface area (Å²) in [6.07, 6.45) is 5.92. The second kappa shape index (κ2) is 4.52. The quantitative estimate of drug-likeness (QED) is 0.744. The first-order chi connectivity index (χ1) is 6.84. The Morgan fingerprint density at radius 3 is 2.93 bits per heavy atom. The molecule has 0 spiro atoms. The zero-order chi connectivity index (χ0) is 9.80. The van der Waals surface area contributed by atoms with Gasteiger partial charge in [-0.1, -0.05) is 23.7 Å². The van der Waals surface area contributed by atoms with E-state index in [9.17, 15) is 0 Å². The topological polar surface area (TPSA) is 12.0 Å². The highest BCUT2D eigenvalue weighted by atomic mass is 35.5. The van der Waals surface area contributed by atoms with Crippen molar-refractivity contribution in [2.45, 2.75) is 19.3 Å². The summed E-state index contributed by atoms with van der Waals surface area (Å²) in [5, 5.41) is 4.21. The van der Waals surface area contributed by atoms with Gasteiger partial charge in [-0.05, 0) is 43.0 Å². The van der Waals surface area contributed by atoms with Crippen LogP contribution in [0, 0.1) is 0 Å². The maximum absolute atomic E-state index is 5.91. The largest absolute Gasteiger partial charge is 0.388 e. The van der Waals surface area contributed by atoms with Crippen LogP contribution in [0.25, 0.3) is 6.08 Å². The summed E-state index contributed by atoms with van der Waals surface area (Å²) in [7, 11) is 0. The normalized spacial score (nSPS) is 19.4. The van der Waals surface area contributed by atoms with Crippen molar-refractivity contribution >= 4 is 17.7 Å². The molecule has 1 N–H and O–H groups in total. The molecule has 1 aliphatic rings. The summed E-state index contributed by atoms with van der Waals surface area (Å²) in [6.45, 7) is 1.10. The van der Waals surface area contributed by atoms with E-state index in [1.54, 1.807) is 0 Å². The van der Waals surface area contributed by atoms with Gasteiger partial charge in [0.15, 0.2) is 0 Å². The highest BCUT2D eigenvalue weighted by molar-refractivity contribution is 6.30. The molecule has 2 rings (SSSR count). The Kier molecular flexibility index (Phi) is 3.10. The molecule has 0 unspecified atom stereocenters. The zero-order valence-corrected chi connectivity index (χ0v) is 8.85. The average molecular weight is 208 g/mol. The van der Waals surface area contributed by atoms with Gasteiger partial charge in [0.05, 0.1) is 0 Å².